The van der Waals surface area contributed by atoms with E-state index in [1.165, 1.54) is 0 Å². The van der Waals surface area contributed by atoms with Gasteiger partial charge in [-0.1, -0.05) is 36.4 Å². The number of benzene rings is 2. The highest BCUT2D eigenvalue weighted by Gasteiger charge is 2.30. The summed E-state index contributed by atoms with van der Waals surface area (Å²) in [5.74, 6) is 0.154. The first-order valence-corrected chi connectivity index (χ1v) is 11.2. The summed E-state index contributed by atoms with van der Waals surface area (Å²) in [5.41, 5.74) is 2.38. The Morgan fingerprint density at radius 2 is 1.84 bits per heavy atom. The molecule has 1 saturated heterocycles. The quantitative estimate of drug-likeness (QED) is 0.710. The minimum absolute atomic E-state index is 0.0212. The minimum Gasteiger partial charge on any atom is -0.379 e. The molecule has 31 heavy (non-hydrogen) atoms. The lowest BCUT2D eigenvalue weighted by Crippen LogP contribution is -2.48. The third-order valence-corrected chi connectivity index (χ3v) is 5.94. The number of carbonyl (C=O) groups excluding carboxylic acids is 2. The number of amides is 2. The van der Waals surface area contributed by atoms with E-state index in [1.54, 1.807) is 6.07 Å². The number of hydrogen-bond donors (Lipinski definition) is 1. The summed E-state index contributed by atoms with van der Waals surface area (Å²) in [6, 6.07) is 17.4. The van der Waals surface area contributed by atoms with Crippen LogP contribution in [0, 0.1) is 5.92 Å². The highest BCUT2D eigenvalue weighted by molar-refractivity contribution is 5.98. The Hall–Kier alpha value is -2.70. The second-order valence-corrected chi connectivity index (χ2v) is 8.52. The van der Waals surface area contributed by atoms with E-state index in [-0.39, 0.29) is 23.8 Å². The second-order valence-electron chi connectivity index (χ2n) is 8.52. The molecule has 4 rings (SSSR count). The molecule has 2 amide bonds. The molecule has 0 aromatic heterocycles. The molecule has 0 bridgehead atoms. The Labute approximate surface area is 184 Å². The monoisotopic (exact) mass is 421 g/mol. The van der Waals surface area contributed by atoms with Crippen LogP contribution in [0.5, 0.6) is 0 Å². The Kier molecular flexibility index (Phi) is 6.99. The van der Waals surface area contributed by atoms with Gasteiger partial charge in [-0.3, -0.25) is 14.5 Å². The van der Waals surface area contributed by atoms with Crippen molar-refractivity contribution in [2.45, 2.75) is 32.4 Å². The summed E-state index contributed by atoms with van der Waals surface area (Å²) < 4.78 is 5.46. The maximum absolute atomic E-state index is 13.6. The Morgan fingerprint density at radius 3 is 2.55 bits per heavy atom. The predicted molar refractivity (Wildman–Crippen MR) is 121 cm³/mol. The number of carbonyl (C=O) groups is 2. The molecule has 1 heterocycles. The van der Waals surface area contributed by atoms with E-state index in [9.17, 15) is 9.59 Å². The van der Waals surface area contributed by atoms with Crippen LogP contribution in [-0.2, 0) is 16.1 Å². The third kappa shape index (κ3) is 5.93. The fourth-order valence-corrected chi connectivity index (χ4v) is 3.95. The molecule has 1 unspecified atom stereocenters. The topological polar surface area (TPSA) is 61.9 Å². The van der Waals surface area contributed by atoms with E-state index in [4.69, 9.17) is 4.74 Å². The summed E-state index contributed by atoms with van der Waals surface area (Å²) in [6.07, 6.45) is 1.91. The average molecular weight is 422 g/mol. The van der Waals surface area contributed by atoms with Crippen molar-refractivity contribution < 1.29 is 14.3 Å². The molecule has 2 aromatic rings. The maximum Gasteiger partial charge on any atom is 0.254 e. The van der Waals surface area contributed by atoms with E-state index in [0.717, 1.165) is 51.3 Å². The highest BCUT2D eigenvalue weighted by Crippen LogP contribution is 2.30. The smallest absolute Gasteiger partial charge is 0.254 e. The maximum atomic E-state index is 13.6. The molecule has 0 radical (unpaired) electrons. The average Bonchev–Trinajstić information content (AvgIpc) is 3.64. The van der Waals surface area contributed by atoms with Gasteiger partial charge < -0.3 is 15.0 Å². The summed E-state index contributed by atoms with van der Waals surface area (Å²) in [4.78, 5) is 30.0. The van der Waals surface area contributed by atoms with Crippen molar-refractivity contribution in [3.8, 4) is 0 Å². The molecule has 1 atom stereocenters. The molecule has 1 saturated carbocycles. The van der Waals surface area contributed by atoms with Gasteiger partial charge in [0.25, 0.3) is 5.91 Å². The lowest BCUT2D eigenvalue weighted by atomic mass is 10.1. The SMILES string of the molecule is CC(CN1CCOCC1)N(Cc1ccccc1)C(=O)c1cccc(NC(=O)C2CC2)c1. The van der Waals surface area contributed by atoms with Crippen molar-refractivity contribution in [1.82, 2.24) is 9.80 Å². The van der Waals surface area contributed by atoms with Crippen molar-refractivity contribution in [2.24, 2.45) is 5.92 Å². The first-order valence-electron chi connectivity index (χ1n) is 11.2. The van der Waals surface area contributed by atoms with Crippen LogP contribution in [0.1, 0.15) is 35.7 Å². The van der Waals surface area contributed by atoms with Gasteiger partial charge in [0, 0.05) is 49.4 Å². The van der Waals surface area contributed by atoms with Crippen LogP contribution in [0.15, 0.2) is 54.6 Å². The van der Waals surface area contributed by atoms with Crippen LogP contribution in [0.3, 0.4) is 0 Å². The normalized spacial score (nSPS) is 17.7. The molecular formula is C25H31N3O3. The summed E-state index contributed by atoms with van der Waals surface area (Å²) >= 11 is 0. The Morgan fingerprint density at radius 1 is 1.10 bits per heavy atom. The summed E-state index contributed by atoms with van der Waals surface area (Å²) in [5, 5.41) is 2.95. The molecule has 6 heteroatoms. The second kappa shape index (κ2) is 10.1. The van der Waals surface area contributed by atoms with Crippen LogP contribution >= 0.6 is 0 Å². The van der Waals surface area contributed by atoms with Crippen LogP contribution < -0.4 is 5.32 Å². The lowest BCUT2D eigenvalue weighted by molar-refractivity contribution is -0.117. The zero-order valence-corrected chi connectivity index (χ0v) is 18.1. The zero-order valence-electron chi connectivity index (χ0n) is 18.1. The van der Waals surface area contributed by atoms with Crippen LogP contribution in [-0.4, -0.2) is 60.5 Å². The standard InChI is InChI=1S/C25H31N3O3/c1-19(17-27-12-14-31-15-13-27)28(18-20-6-3-2-4-7-20)25(30)22-8-5-9-23(16-22)26-24(29)21-10-11-21/h2-9,16,19,21H,10-15,17-18H2,1H3,(H,26,29). The van der Waals surface area contributed by atoms with E-state index in [0.29, 0.717) is 17.8 Å². The van der Waals surface area contributed by atoms with Gasteiger partial charge in [-0.2, -0.15) is 0 Å². The first kappa shape index (κ1) is 21.5. The molecule has 1 aliphatic carbocycles. The number of morpholine rings is 1. The molecule has 164 valence electrons. The molecule has 1 aliphatic heterocycles. The highest BCUT2D eigenvalue weighted by atomic mass is 16.5. The van der Waals surface area contributed by atoms with Crippen LogP contribution in [0.4, 0.5) is 5.69 Å². The van der Waals surface area contributed by atoms with Gasteiger partial charge in [-0.05, 0) is 43.5 Å². The Bertz CT molecular complexity index is 892. The first-order chi connectivity index (χ1) is 15.1. The van der Waals surface area contributed by atoms with E-state index in [2.05, 4.69) is 17.1 Å². The fourth-order valence-electron chi connectivity index (χ4n) is 3.95. The molecule has 1 N–H and O–H groups in total. The number of nitrogens with zero attached hydrogens (tertiary/aromatic N) is 2. The van der Waals surface area contributed by atoms with Gasteiger partial charge in [0.1, 0.15) is 0 Å². The van der Waals surface area contributed by atoms with E-state index < -0.39 is 0 Å². The van der Waals surface area contributed by atoms with Gasteiger partial charge in [0.2, 0.25) is 5.91 Å². The number of hydrogen-bond acceptors (Lipinski definition) is 4. The fraction of sp³-hybridized carbons (Fsp3) is 0.440. The summed E-state index contributed by atoms with van der Waals surface area (Å²) in [6.45, 7) is 6.71. The van der Waals surface area contributed by atoms with Crippen LogP contribution in [0.2, 0.25) is 0 Å². The summed E-state index contributed by atoms with van der Waals surface area (Å²) in [7, 11) is 0. The zero-order chi connectivity index (χ0) is 21.6. The number of ether oxygens (including phenoxy) is 1. The van der Waals surface area contributed by atoms with Crippen molar-refractivity contribution >= 4 is 17.5 Å². The Balaban J connectivity index is 1.51. The van der Waals surface area contributed by atoms with Gasteiger partial charge in [0.15, 0.2) is 0 Å². The van der Waals surface area contributed by atoms with E-state index in [1.807, 2.05) is 53.4 Å². The van der Waals surface area contributed by atoms with Crippen molar-refractivity contribution in [3.63, 3.8) is 0 Å². The van der Waals surface area contributed by atoms with Crippen LogP contribution in [0.25, 0.3) is 0 Å². The molecule has 6 nitrogen and oxygen atoms in total. The van der Waals surface area contributed by atoms with Crippen molar-refractivity contribution in [1.29, 1.82) is 0 Å². The predicted octanol–water partition coefficient (Wildman–Crippen LogP) is 3.40. The molecule has 2 aromatic carbocycles. The van der Waals surface area contributed by atoms with Gasteiger partial charge in [-0.25, -0.2) is 0 Å². The lowest BCUT2D eigenvalue weighted by Gasteiger charge is -2.35. The van der Waals surface area contributed by atoms with Gasteiger partial charge in [-0.15, -0.1) is 0 Å². The van der Waals surface area contributed by atoms with Crippen molar-refractivity contribution in [3.05, 3.63) is 65.7 Å². The number of nitrogens with one attached hydrogen (secondary N) is 1. The minimum atomic E-state index is -0.0212. The van der Waals surface area contributed by atoms with Gasteiger partial charge in [0.05, 0.1) is 13.2 Å². The number of rotatable bonds is 8. The van der Waals surface area contributed by atoms with Gasteiger partial charge >= 0.3 is 0 Å². The molecule has 0 spiro atoms. The van der Waals surface area contributed by atoms with E-state index >= 15 is 0 Å². The van der Waals surface area contributed by atoms with Crippen molar-refractivity contribution in [2.75, 3.05) is 38.2 Å². The molecular weight excluding hydrogens is 390 g/mol. The number of anilines is 1. The largest absolute Gasteiger partial charge is 0.379 e. The molecule has 2 fully saturated rings. The third-order valence-electron chi connectivity index (χ3n) is 5.94. The molecule has 2 aliphatic rings.